The van der Waals surface area contributed by atoms with Crippen LogP contribution >= 0.6 is 0 Å². The van der Waals surface area contributed by atoms with Gasteiger partial charge in [0.25, 0.3) is 5.91 Å². The number of rotatable bonds is 8. The van der Waals surface area contributed by atoms with Crippen LogP contribution in [-0.4, -0.2) is 51.9 Å². The zero-order chi connectivity index (χ0) is 25.4. The van der Waals surface area contributed by atoms with E-state index in [0.29, 0.717) is 11.6 Å². The maximum Gasteiger partial charge on any atom is 0.268 e. The number of carbonyl (C=O) groups excluding carboxylic acids is 1. The Hall–Kier alpha value is -3.32. The van der Waals surface area contributed by atoms with Gasteiger partial charge in [0, 0.05) is 40.0 Å². The topological polar surface area (TPSA) is 87.5 Å². The minimum absolute atomic E-state index is 0.318. The molecule has 4 heterocycles. The van der Waals surface area contributed by atoms with Crippen LogP contribution in [0.4, 0.5) is 0 Å². The zero-order valence-corrected chi connectivity index (χ0v) is 21.8. The van der Waals surface area contributed by atoms with Gasteiger partial charge in [-0.3, -0.25) is 9.78 Å². The second kappa shape index (κ2) is 9.97. The Kier molecular flexibility index (Phi) is 6.75. The predicted molar refractivity (Wildman–Crippen MR) is 143 cm³/mol. The summed E-state index contributed by atoms with van der Waals surface area (Å²) in [6.45, 7) is 12.6. The Bertz CT molecular complexity index is 1280. The van der Waals surface area contributed by atoms with Crippen LogP contribution in [0.1, 0.15) is 67.8 Å². The van der Waals surface area contributed by atoms with Crippen LogP contribution in [0.2, 0.25) is 0 Å². The number of hydrogen-bond acceptors (Lipinski definition) is 5. The maximum atomic E-state index is 12.2. The average molecular weight is 488 g/mol. The van der Waals surface area contributed by atoms with Crippen molar-refractivity contribution in [1.29, 1.82) is 0 Å². The number of aromatic amines is 1. The van der Waals surface area contributed by atoms with Crippen LogP contribution in [0.3, 0.4) is 0 Å². The monoisotopic (exact) mass is 487 g/mol. The van der Waals surface area contributed by atoms with Gasteiger partial charge >= 0.3 is 0 Å². The molecule has 190 valence electrons. The summed E-state index contributed by atoms with van der Waals surface area (Å²) >= 11 is 0. The van der Waals surface area contributed by atoms with E-state index in [1.54, 1.807) is 0 Å². The SMILES string of the molecule is Cc1cc(-c2[nH]c3ccc(C4OC=C(C(N)=O)N4CCCN4CCCC4)cc3c2C(C)C)cc(C)n1. The third-order valence-corrected chi connectivity index (χ3v) is 7.32. The molecule has 1 atom stereocenters. The first-order valence-corrected chi connectivity index (χ1v) is 13.1. The second-order valence-electron chi connectivity index (χ2n) is 10.5. The molecule has 1 saturated heterocycles. The molecule has 0 spiro atoms. The van der Waals surface area contributed by atoms with E-state index in [1.807, 2.05) is 18.7 Å². The zero-order valence-electron chi connectivity index (χ0n) is 21.8. The third kappa shape index (κ3) is 4.72. The highest BCUT2D eigenvalue weighted by Gasteiger charge is 2.32. The second-order valence-corrected chi connectivity index (χ2v) is 10.5. The number of nitrogens with zero attached hydrogens (tertiary/aromatic N) is 3. The number of pyridine rings is 1. The van der Waals surface area contributed by atoms with E-state index in [4.69, 9.17) is 10.5 Å². The van der Waals surface area contributed by atoms with Crippen molar-refractivity contribution in [3.8, 4) is 11.3 Å². The molecule has 1 fully saturated rings. The molecule has 2 aliphatic rings. The van der Waals surface area contributed by atoms with E-state index < -0.39 is 5.91 Å². The van der Waals surface area contributed by atoms with Crippen LogP contribution in [0.5, 0.6) is 0 Å². The highest BCUT2D eigenvalue weighted by atomic mass is 16.5. The van der Waals surface area contributed by atoms with Crippen LogP contribution in [0.25, 0.3) is 22.2 Å². The molecule has 7 nitrogen and oxygen atoms in total. The molecule has 0 bridgehead atoms. The summed E-state index contributed by atoms with van der Waals surface area (Å²) in [7, 11) is 0. The first-order valence-electron chi connectivity index (χ1n) is 13.1. The van der Waals surface area contributed by atoms with Crippen molar-refractivity contribution in [2.45, 2.75) is 59.1 Å². The number of nitrogens with two attached hydrogens (primary N) is 1. The summed E-state index contributed by atoms with van der Waals surface area (Å²) in [5.74, 6) is -0.131. The lowest BCUT2D eigenvalue weighted by atomic mass is 9.95. The largest absolute Gasteiger partial charge is 0.471 e. The Morgan fingerprint density at radius 1 is 1.14 bits per heavy atom. The van der Waals surface area contributed by atoms with Gasteiger partial charge in [0.05, 0.1) is 5.69 Å². The highest BCUT2D eigenvalue weighted by molar-refractivity contribution is 5.93. The number of H-pyrrole nitrogens is 1. The fourth-order valence-corrected chi connectivity index (χ4v) is 5.75. The molecule has 2 aliphatic heterocycles. The molecule has 7 heteroatoms. The van der Waals surface area contributed by atoms with Crippen molar-refractivity contribution in [2.24, 2.45) is 5.73 Å². The normalized spacial score (nSPS) is 18.3. The number of fused-ring (bicyclic) bond motifs is 1. The van der Waals surface area contributed by atoms with Gasteiger partial charge in [-0.2, -0.15) is 0 Å². The smallest absolute Gasteiger partial charge is 0.268 e. The van der Waals surface area contributed by atoms with Gasteiger partial charge in [0.15, 0.2) is 6.23 Å². The molecule has 36 heavy (non-hydrogen) atoms. The van der Waals surface area contributed by atoms with Crippen LogP contribution in [0, 0.1) is 13.8 Å². The molecule has 0 radical (unpaired) electrons. The van der Waals surface area contributed by atoms with E-state index >= 15 is 0 Å². The minimum Gasteiger partial charge on any atom is -0.471 e. The van der Waals surface area contributed by atoms with Gasteiger partial charge in [0.1, 0.15) is 12.0 Å². The lowest BCUT2D eigenvalue weighted by molar-refractivity contribution is -0.116. The molecule has 5 rings (SSSR count). The molecule has 1 aromatic carbocycles. The van der Waals surface area contributed by atoms with E-state index in [1.165, 1.54) is 43.1 Å². The lowest BCUT2D eigenvalue weighted by Crippen LogP contribution is -2.33. The Balaban J connectivity index is 1.48. The minimum atomic E-state index is -0.449. The summed E-state index contributed by atoms with van der Waals surface area (Å²) in [4.78, 5) is 24.9. The molecule has 2 aromatic heterocycles. The number of primary amides is 1. The average Bonchev–Trinajstić information content (AvgIpc) is 3.56. The fourth-order valence-electron chi connectivity index (χ4n) is 5.75. The number of amides is 1. The first-order chi connectivity index (χ1) is 17.3. The first kappa shape index (κ1) is 24.4. The molecule has 1 amide bonds. The highest BCUT2D eigenvalue weighted by Crippen LogP contribution is 2.39. The fraction of sp³-hybridized carbons (Fsp3) is 0.448. The van der Waals surface area contributed by atoms with Gasteiger partial charge in [-0.05, 0) is 88.5 Å². The predicted octanol–water partition coefficient (Wildman–Crippen LogP) is 5.11. The summed E-state index contributed by atoms with van der Waals surface area (Å²) in [5.41, 5.74) is 13.9. The molecule has 3 N–H and O–H groups in total. The van der Waals surface area contributed by atoms with Crippen molar-refractivity contribution in [3.63, 3.8) is 0 Å². The quantitative estimate of drug-likeness (QED) is 0.461. The molecule has 0 aliphatic carbocycles. The van der Waals surface area contributed by atoms with Crippen molar-refractivity contribution >= 4 is 16.8 Å². The third-order valence-electron chi connectivity index (χ3n) is 7.32. The molecule has 0 saturated carbocycles. The summed E-state index contributed by atoms with van der Waals surface area (Å²) in [6.07, 6.45) is 4.68. The van der Waals surface area contributed by atoms with E-state index in [-0.39, 0.29) is 6.23 Å². The van der Waals surface area contributed by atoms with Gasteiger partial charge in [-0.25, -0.2) is 0 Å². The van der Waals surface area contributed by atoms with E-state index in [0.717, 1.165) is 53.2 Å². The Morgan fingerprint density at radius 2 is 1.86 bits per heavy atom. The maximum absolute atomic E-state index is 12.2. The Labute approximate surface area is 213 Å². The van der Waals surface area contributed by atoms with Crippen molar-refractivity contribution in [3.05, 3.63) is 64.8 Å². The number of aromatic nitrogens is 2. The van der Waals surface area contributed by atoms with E-state index in [9.17, 15) is 4.79 Å². The number of likely N-dealkylation sites (tertiary alicyclic amines) is 1. The van der Waals surface area contributed by atoms with Crippen molar-refractivity contribution in [1.82, 2.24) is 19.8 Å². The summed E-state index contributed by atoms with van der Waals surface area (Å²) in [5, 5.41) is 1.18. The number of hydrogen-bond donors (Lipinski definition) is 2. The van der Waals surface area contributed by atoms with Crippen molar-refractivity contribution in [2.75, 3.05) is 26.2 Å². The van der Waals surface area contributed by atoms with Gasteiger partial charge < -0.3 is 25.3 Å². The number of ether oxygens (including phenoxy) is 1. The Morgan fingerprint density at radius 3 is 2.53 bits per heavy atom. The van der Waals surface area contributed by atoms with Gasteiger partial charge in [0.2, 0.25) is 0 Å². The number of benzene rings is 1. The van der Waals surface area contributed by atoms with E-state index in [2.05, 4.69) is 59.0 Å². The standard InChI is InChI=1S/C29H37N5O2/c1-18(2)26-23-16-21(8-9-24(23)32-27(26)22-14-19(3)31-20(4)15-22)29-34(25(17-36-29)28(30)35)13-7-12-33-10-5-6-11-33/h8-9,14-18,29,32H,5-7,10-13H2,1-4H3,(H2,30,35). The number of nitrogens with one attached hydrogen (secondary N) is 1. The van der Waals surface area contributed by atoms with Crippen LogP contribution in [0.15, 0.2) is 42.3 Å². The van der Waals surface area contributed by atoms with Crippen LogP contribution < -0.4 is 5.73 Å². The lowest BCUT2D eigenvalue weighted by Gasteiger charge is -2.28. The number of aryl methyl sites for hydroxylation is 2. The van der Waals surface area contributed by atoms with Gasteiger partial charge in [-0.15, -0.1) is 0 Å². The molecular weight excluding hydrogens is 450 g/mol. The van der Waals surface area contributed by atoms with Gasteiger partial charge in [-0.1, -0.05) is 19.9 Å². The summed E-state index contributed by atoms with van der Waals surface area (Å²) < 4.78 is 6.05. The van der Waals surface area contributed by atoms with Crippen LogP contribution in [-0.2, 0) is 9.53 Å². The molecular formula is C29H37N5O2. The van der Waals surface area contributed by atoms with Crippen molar-refractivity contribution < 1.29 is 9.53 Å². The molecule has 1 unspecified atom stereocenters. The molecule has 3 aromatic rings. The summed E-state index contributed by atoms with van der Waals surface area (Å²) in [6, 6.07) is 10.7. The number of carbonyl (C=O) groups is 1.